The first kappa shape index (κ1) is 9.00. The fourth-order valence-electron chi connectivity index (χ4n) is 3.03. The Hall–Kier alpha value is -1.26. The van der Waals surface area contributed by atoms with E-state index in [9.17, 15) is 0 Å². The number of nitrogens with two attached hydrogens (primary N) is 1. The third kappa shape index (κ3) is 1.46. The molecule has 0 spiro atoms. The maximum Gasteiger partial charge on any atom is 0.319 e. The van der Waals surface area contributed by atoms with Gasteiger partial charge >= 0.3 is 12.0 Å². The Labute approximate surface area is 88.6 Å². The van der Waals surface area contributed by atoms with Gasteiger partial charge < -0.3 is 15.1 Å². The molecule has 1 saturated heterocycles. The highest BCUT2D eigenvalue weighted by molar-refractivity contribution is 5.31. The fourth-order valence-corrected chi connectivity index (χ4v) is 3.03. The minimum absolute atomic E-state index is 0.171. The summed E-state index contributed by atoms with van der Waals surface area (Å²) in [6.45, 7) is 1.03. The summed E-state index contributed by atoms with van der Waals surface area (Å²) in [4.78, 5) is 2.25. The molecule has 0 radical (unpaired) electrons. The van der Waals surface area contributed by atoms with E-state index in [1.807, 2.05) is 0 Å². The summed E-state index contributed by atoms with van der Waals surface area (Å²) in [5.74, 6) is 0.826. The number of fused-ring (bicyclic) bond motifs is 1. The minimum atomic E-state index is 0.171. The van der Waals surface area contributed by atoms with Gasteiger partial charge in [0.25, 0.3) is 0 Å². The van der Waals surface area contributed by atoms with E-state index in [0.29, 0.717) is 12.1 Å². The van der Waals surface area contributed by atoms with Gasteiger partial charge in [0.2, 0.25) is 0 Å². The summed E-state index contributed by atoms with van der Waals surface area (Å²) >= 11 is 0. The van der Waals surface area contributed by atoms with Crippen molar-refractivity contribution in [2.24, 2.45) is 5.92 Å². The van der Waals surface area contributed by atoms with E-state index in [2.05, 4.69) is 15.1 Å². The average molecular weight is 208 g/mol. The van der Waals surface area contributed by atoms with Crippen molar-refractivity contribution >= 4 is 12.0 Å². The van der Waals surface area contributed by atoms with Gasteiger partial charge in [0.15, 0.2) is 0 Å². The Morgan fingerprint density at radius 2 is 2.07 bits per heavy atom. The molecule has 5 nitrogen and oxygen atoms in total. The van der Waals surface area contributed by atoms with Crippen LogP contribution in [0, 0.1) is 5.92 Å². The molecule has 5 heteroatoms. The van der Waals surface area contributed by atoms with E-state index in [1.165, 1.54) is 32.1 Å². The molecule has 82 valence electrons. The highest BCUT2D eigenvalue weighted by Gasteiger charge is 2.37. The number of hydrogen-bond acceptors (Lipinski definition) is 5. The standard InChI is InChI=1S/C10H16N4O/c11-9-12-13-10(15-9)14-6-2-4-7-3-1-5-8(7)14/h7-8H,1-6H2,(H2,11,12). The lowest BCUT2D eigenvalue weighted by Crippen LogP contribution is -2.42. The molecule has 1 aliphatic heterocycles. The number of hydrogen-bond donors (Lipinski definition) is 1. The normalized spacial score (nSPS) is 30.5. The zero-order valence-electron chi connectivity index (χ0n) is 8.72. The van der Waals surface area contributed by atoms with Crippen LogP contribution >= 0.6 is 0 Å². The van der Waals surface area contributed by atoms with Gasteiger partial charge in [-0.1, -0.05) is 16.6 Å². The first-order chi connectivity index (χ1) is 7.34. The lowest BCUT2D eigenvalue weighted by atomic mass is 9.92. The second-order valence-corrected chi connectivity index (χ2v) is 4.52. The number of piperidine rings is 1. The summed E-state index contributed by atoms with van der Waals surface area (Å²) in [5, 5.41) is 7.71. The van der Waals surface area contributed by atoms with Crippen LogP contribution in [0.3, 0.4) is 0 Å². The van der Waals surface area contributed by atoms with Gasteiger partial charge in [-0.15, -0.1) is 0 Å². The largest absolute Gasteiger partial charge is 0.390 e. The van der Waals surface area contributed by atoms with Crippen molar-refractivity contribution in [3.05, 3.63) is 0 Å². The Morgan fingerprint density at radius 3 is 2.87 bits per heavy atom. The number of nitrogen functional groups attached to an aromatic ring is 1. The van der Waals surface area contributed by atoms with Crippen LogP contribution in [0.25, 0.3) is 0 Å². The van der Waals surface area contributed by atoms with Gasteiger partial charge in [0.1, 0.15) is 0 Å². The van der Waals surface area contributed by atoms with Crippen molar-refractivity contribution in [3.8, 4) is 0 Å². The van der Waals surface area contributed by atoms with Crippen LogP contribution in [0.5, 0.6) is 0 Å². The molecule has 0 amide bonds. The molecule has 0 aromatic carbocycles. The second kappa shape index (κ2) is 3.40. The molecule has 15 heavy (non-hydrogen) atoms. The monoisotopic (exact) mass is 208 g/mol. The van der Waals surface area contributed by atoms with Crippen LogP contribution in [0.1, 0.15) is 32.1 Å². The molecule has 2 aliphatic rings. The molecule has 1 aromatic rings. The van der Waals surface area contributed by atoms with Crippen molar-refractivity contribution in [1.82, 2.24) is 10.2 Å². The number of aromatic nitrogens is 2. The van der Waals surface area contributed by atoms with Crippen molar-refractivity contribution in [3.63, 3.8) is 0 Å². The number of nitrogens with zero attached hydrogens (tertiary/aromatic N) is 3. The zero-order chi connectivity index (χ0) is 10.3. The van der Waals surface area contributed by atoms with Crippen LogP contribution in [0.15, 0.2) is 4.42 Å². The topological polar surface area (TPSA) is 68.2 Å². The fraction of sp³-hybridized carbons (Fsp3) is 0.800. The van der Waals surface area contributed by atoms with Crippen LogP contribution in [-0.4, -0.2) is 22.8 Å². The summed E-state index contributed by atoms with van der Waals surface area (Å²) in [5.41, 5.74) is 5.46. The van der Waals surface area contributed by atoms with E-state index >= 15 is 0 Å². The van der Waals surface area contributed by atoms with Crippen LogP contribution < -0.4 is 10.6 Å². The van der Waals surface area contributed by atoms with Gasteiger partial charge in [-0.05, 0) is 31.6 Å². The van der Waals surface area contributed by atoms with E-state index < -0.39 is 0 Å². The molecule has 2 fully saturated rings. The Morgan fingerprint density at radius 1 is 1.20 bits per heavy atom. The Kier molecular flexibility index (Phi) is 2.04. The molecule has 2 N–H and O–H groups in total. The summed E-state index contributed by atoms with van der Waals surface area (Å²) < 4.78 is 5.31. The summed E-state index contributed by atoms with van der Waals surface area (Å²) in [6.07, 6.45) is 6.52. The van der Waals surface area contributed by atoms with Gasteiger partial charge in [-0.3, -0.25) is 0 Å². The lowest BCUT2D eigenvalue weighted by Gasteiger charge is -2.36. The van der Waals surface area contributed by atoms with Crippen LogP contribution in [0.2, 0.25) is 0 Å². The number of anilines is 2. The van der Waals surface area contributed by atoms with Crippen molar-refractivity contribution in [2.75, 3.05) is 17.2 Å². The molecule has 2 unspecified atom stereocenters. The predicted octanol–water partition coefficient (Wildman–Crippen LogP) is 1.42. The molecule has 1 aliphatic carbocycles. The van der Waals surface area contributed by atoms with Gasteiger partial charge in [0, 0.05) is 12.6 Å². The zero-order valence-corrected chi connectivity index (χ0v) is 8.72. The van der Waals surface area contributed by atoms with E-state index in [-0.39, 0.29) is 6.01 Å². The van der Waals surface area contributed by atoms with Crippen molar-refractivity contribution in [2.45, 2.75) is 38.1 Å². The molecule has 1 aromatic heterocycles. The minimum Gasteiger partial charge on any atom is -0.390 e. The Balaban J connectivity index is 1.85. The quantitative estimate of drug-likeness (QED) is 0.756. The maximum absolute atomic E-state index is 5.46. The van der Waals surface area contributed by atoms with Gasteiger partial charge in [-0.25, -0.2) is 0 Å². The molecular formula is C10H16N4O. The van der Waals surface area contributed by atoms with E-state index in [4.69, 9.17) is 10.2 Å². The first-order valence-electron chi connectivity index (χ1n) is 5.70. The van der Waals surface area contributed by atoms with Gasteiger partial charge in [-0.2, -0.15) is 0 Å². The third-order valence-corrected chi connectivity index (χ3v) is 3.67. The molecule has 2 heterocycles. The molecule has 0 bridgehead atoms. The predicted molar refractivity (Wildman–Crippen MR) is 56.4 cm³/mol. The second-order valence-electron chi connectivity index (χ2n) is 4.52. The summed E-state index contributed by atoms with van der Waals surface area (Å²) in [6, 6.07) is 1.40. The third-order valence-electron chi connectivity index (χ3n) is 3.67. The molecule has 3 rings (SSSR count). The maximum atomic E-state index is 5.46. The van der Waals surface area contributed by atoms with E-state index in [1.54, 1.807) is 0 Å². The average Bonchev–Trinajstić information content (AvgIpc) is 2.84. The number of rotatable bonds is 1. The smallest absolute Gasteiger partial charge is 0.319 e. The van der Waals surface area contributed by atoms with Crippen molar-refractivity contribution < 1.29 is 4.42 Å². The molecular weight excluding hydrogens is 192 g/mol. The van der Waals surface area contributed by atoms with Crippen LogP contribution in [0.4, 0.5) is 12.0 Å². The molecule has 2 atom stereocenters. The summed E-state index contributed by atoms with van der Waals surface area (Å²) in [7, 11) is 0. The lowest BCUT2D eigenvalue weighted by molar-refractivity contribution is 0.343. The Bertz CT molecular complexity index is 351. The highest BCUT2D eigenvalue weighted by Crippen LogP contribution is 2.38. The SMILES string of the molecule is Nc1nnc(N2CCCC3CCCC32)o1. The van der Waals surface area contributed by atoms with Crippen molar-refractivity contribution in [1.29, 1.82) is 0 Å². The van der Waals surface area contributed by atoms with E-state index in [0.717, 1.165) is 12.5 Å². The van der Waals surface area contributed by atoms with Gasteiger partial charge in [0.05, 0.1) is 0 Å². The highest BCUT2D eigenvalue weighted by atomic mass is 16.4. The van der Waals surface area contributed by atoms with Crippen LogP contribution in [-0.2, 0) is 0 Å². The first-order valence-corrected chi connectivity index (χ1v) is 5.70. The molecule has 1 saturated carbocycles.